The van der Waals surface area contributed by atoms with Gasteiger partial charge in [0, 0.05) is 5.25 Å². The fourth-order valence-electron chi connectivity index (χ4n) is 0.420. The van der Waals surface area contributed by atoms with Crippen LogP contribution in [0.1, 0.15) is 0 Å². The summed E-state index contributed by atoms with van der Waals surface area (Å²) in [6.07, 6.45) is 8.06. The maximum Gasteiger partial charge on any atom is 0.0383 e. The van der Waals surface area contributed by atoms with E-state index < -0.39 is 0 Å². The number of thiol groups is 1. The molecule has 0 fully saturated rings. The van der Waals surface area contributed by atoms with Gasteiger partial charge in [0.25, 0.3) is 0 Å². The van der Waals surface area contributed by atoms with Crippen molar-refractivity contribution in [2.45, 2.75) is 5.25 Å². The van der Waals surface area contributed by atoms with Crippen LogP contribution in [0.25, 0.3) is 0 Å². The average Bonchev–Trinajstić information content (AvgIpc) is 1.86. The van der Waals surface area contributed by atoms with Gasteiger partial charge in [-0.15, -0.1) is 0 Å². The first-order chi connectivity index (χ1) is 2.89. The molecule has 0 aromatic rings. The van der Waals surface area contributed by atoms with E-state index in [1.54, 1.807) is 0 Å². The molecule has 40 valence electrons. The smallest absolute Gasteiger partial charge is 0.0383 e. The summed E-state index contributed by atoms with van der Waals surface area (Å²) in [7, 11) is 0. The van der Waals surface area contributed by atoms with E-state index in [0.717, 1.165) is 0 Å². The summed E-state index contributed by atoms with van der Waals surface area (Å²) in [6.45, 7) is 0. The lowest BCUT2D eigenvalue weighted by atomic mass is 10.5. The molecule has 1 rings (SSSR count). The van der Waals surface area contributed by atoms with Gasteiger partial charge in [-0.2, -0.15) is 22.5 Å². The molecule has 0 spiro atoms. The summed E-state index contributed by atoms with van der Waals surface area (Å²) >= 11 is 4.12. The van der Waals surface area contributed by atoms with Crippen LogP contribution in [0.3, 0.4) is 0 Å². The van der Waals surface area contributed by atoms with Gasteiger partial charge in [0.15, 0.2) is 0 Å². The van der Waals surface area contributed by atoms with E-state index in [9.17, 15) is 0 Å². The second kappa shape index (κ2) is 3.29. The molecule has 0 bridgehead atoms. The molecular weight excluding hydrogens is 123 g/mol. The third-order valence-corrected chi connectivity index (χ3v) is 1.07. The van der Waals surface area contributed by atoms with E-state index in [1.807, 2.05) is 24.3 Å². The summed E-state index contributed by atoms with van der Waals surface area (Å²) in [5.41, 5.74) is 0. The Bertz CT molecular complexity index is 84.3. The lowest BCUT2D eigenvalue weighted by Crippen LogP contribution is -1.76. The molecule has 1 aliphatic carbocycles. The van der Waals surface area contributed by atoms with Crippen molar-refractivity contribution < 1.29 is 0 Å². The van der Waals surface area contributed by atoms with Gasteiger partial charge in [-0.1, -0.05) is 24.3 Å². The Morgan fingerprint density at radius 2 is 1.57 bits per heavy atom. The zero-order chi connectivity index (χ0) is 4.41. The second-order valence-corrected chi connectivity index (χ2v) is 1.86. The lowest BCUT2D eigenvalue weighted by molar-refractivity contribution is 1.49. The molecule has 0 saturated carbocycles. The van der Waals surface area contributed by atoms with Gasteiger partial charge in [0.1, 0.15) is 0 Å². The van der Waals surface area contributed by atoms with Crippen LogP contribution >= 0.6 is 22.5 Å². The minimum Gasteiger partial charge on any atom is -0.168 e. The van der Waals surface area contributed by atoms with Gasteiger partial charge in [0.05, 0.1) is 0 Å². The van der Waals surface area contributed by atoms with Crippen molar-refractivity contribution in [3.05, 3.63) is 24.3 Å². The maximum absolute atomic E-state index is 4.12. The highest BCUT2D eigenvalue weighted by atomic mass is 32.1. The normalized spacial score (nSPS) is 17.3. The van der Waals surface area contributed by atoms with Crippen LogP contribution in [-0.2, 0) is 0 Å². The summed E-state index contributed by atoms with van der Waals surface area (Å²) in [5.74, 6) is 0. The fourth-order valence-corrected chi connectivity index (χ4v) is 0.619. The Balaban J connectivity index is 0.000000360. The molecule has 0 nitrogen and oxygen atoms in total. The van der Waals surface area contributed by atoms with Crippen LogP contribution in [0.15, 0.2) is 24.3 Å². The average molecular weight is 132 g/mol. The van der Waals surface area contributed by atoms with Crippen molar-refractivity contribution in [1.29, 1.82) is 0 Å². The Morgan fingerprint density at radius 3 is 1.71 bits per heavy atom. The largest absolute Gasteiger partial charge is 0.168 e. The van der Waals surface area contributed by atoms with E-state index in [1.165, 1.54) is 0 Å². The second-order valence-electron chi connectivity index (χ2n) is 1.26. The van der Waals surface area contributed by atoms with Crippen molar-refractivity contribution >= 4 is 22.5 Å². The zero-order valence-electron chi connectivity index (χ0n) is 4.04. The van der Waals surface area contributed by atoms with Crippen molar-refractivity contribution in [2.24, 2.45) is 0 Å². The molecule has 2 heteroatoms. The summed E-state index contributed by atoms with van der Waals surface area (Å²) < 4.78 is 0. The number of hydrogen-bond acceptors (Lipinski definition) is 1. The molecule has 0 aliphatic heterocycles. The van der Waals surface area contributed by atoms with E-state index in [4.69, 9.17) is 0 Å². The third kappa shape index (κ3) is 2.16. The molecule has 1 unspecified atom stereocenters. The summed E-state index contributed by atoms with van der Waals surface area (Å²) in [6, 6.07) is 0. The van der Waals surface area contributed by atoms with E-state index >= 15 is 0 Å². The lowest BCUT2D eigenvalue weighted by Gasteiger charge is -1.83. The first-order valence-corrected chi connectivity index (χ1v) is 2.44. The minimum absolute atomic E-state index is 0. The van der Waals surface area contributed by atoms with Crippen molar-refractivity contribution in [3.63, 3.8) is 0 Å². The third-order valence-electron chi connectivity index (χ3n) is 0.728. The Hall–Kier alpha value is 0.260. The molecule has 0 saturated heterocycles. The van der Waals surface area contributed by atoms with E-state index in [0.29, 0.717) is 5.25 Å². The Labute approximate surface area is 52.7 Å². The predicted molar refractivity (Wildman–Crippen MR) is 42.2 cm³/mol. The van der Waals surface area contributed by atoms with Gasteiger partial charge in [-0.3, -0.25) is 0 Å². The highest BCUT2D eigenvalue weighted by Crippen LogP contribution is 2.04. The fraction of sp³-hybridized carbons (Fsp3) is 0.200. The van der Waals surface area contributed by atoms with E-state index in [2.05, 4.69) is 12.6 Å². The highest BCUT2D eigenvalue weighted by molar-refractivity contribution is 7.81. The Morgan fingerprint density at radius 1 is 1.14 bits per heavy atom. The van der Waals surface area contributed by atoms with Crippen LogP contribution < -0.4 is 0 Å². The van der Waals surface area contributed by atoms with Crippen LogP contribution in [-0.4, -0.2) is 5.25 Å². The first kappa shape index (κ1) is 7.26. The highest BCUT2D eigenvalue weighted by Gasteiger charge is 1.90. The summed E-state index contributed by atoms with van der Waals surface area (Å²) in [5, 5.41) is 0.380. The van der Waals surface area contributed by atoms with Crippen LogP contribution in [0, 0.1) is 0 Å². The molecule has 7 heavy (non-hydrogen) atoms. The zero-order valence-corrected chi connectivity index (χ0v) is 6.35. The SMILES string of the molecule is P.SC1C=CC=C1. The molecule has 0 heterocycles. The van der Waals surface area contributed by atoms with Gasteiger partial charge in [0.2, 0.25) is 0 Å². The van der Waals surface area contributed by atoms with Crippen LogP contribution in [0.4, 0.5) is 0 Å². The standard InChI is InChI=1S/C5H6S.H3P/c6-5-3-1-2-4-5;/h1-6H;1H3. The first-order valence-electron chi connectivity index (χ1n) is 1.92. The van der Waals surface area contributed by atoms with E-state index in [-0.39, 0.29) is 9.90 Å². The quantitative estimate of drug-likeness (QED) is 0.374. The number of hydrogen-bond donors (Lipinski definition) is 1. The van der Waals surface area contributed by atoms with Crippen molar-refractivity contribution in [2.75, 3.05) is 0 Å². The van der Waals surface area contributed by atoms with Crippen molar-refractivity contribution in [1.82, 2.24) is 0 Å². The van der Waals surface area contributed by atoms with Crippen LogP contribution in [0.5, 0.6) is 0 Å². The molecule has 0 N–H and O–H groups in total. The predicted octanol–water partition coefficient (Wildman–Crippen LogP) is 1.47. The number of rotatable bonds is 0. The molecule has 0 radical (unpaired) electrons. The van der Waals surface area contributed by atoms with Crippen LogP contribution in [0.2, 0.25) is 0 Å². The molecule has 1 atom stereocenters. The maximum atomic E-state index is 4.12. The van der Waals surface area contributed by atoms with Gasteiger partial charge < -0.3 is 0 Å². The molecular formula is C5H9PS. The topological polar surface area (TPSA) is 0 Å². The monoisotopic (exact) mass is 132 g/mol. The minimum atomic E-state index is 0. The van der Waals surface area contributed by atoms with Gasteiger partial charge in [-0.05, 0) is 0 Å². The molecule has 0 aromatic carbocycles. The molecule has 0 aromatic heterocycles. The molecule has 1 aliphatic rings. The van der Waals surface area contributed by atoms with Crippen molar-refractivity contribution in [3.8, 4) is 0 Å². The molecule has 0 amide bonds. The summed E-state index contributed by atoms with van der Waals surface area (Å²) in [4.78, 5) is 0. The Kier molecular flexibility index (Phi) is 3.41. The van der Waals surface area contributed by atoms with Gasteiger partial charge in [-0.25, -0.2) is 0 Å². The number of allylic oxidation sites excluding steroid dienone is 2. The van der Waals surface area contributed by atoms with Gasteiger partial charge >= 0.3 is 0 Å².